The summed E-state index contributed by atoms with van der Waals surface area (Å²) in [7, 11) is 0. The zero-order chi connectivity index (χ0) is 15.5. The molecule has 3 nitrogen and oxygen atoms in total. The lowest BCUT2D eigenvalue weighted by atomic mass is 9.76. The molecular weight excluding hydrogens is 270 g/mol. The first-order chi connectivity index (χ1) is 10.6. The number of nitrogens with two attached hydrogens (primary N) is 1. The van der Waals surface area contributed by atoms with Crippen molar-refractivity contribution in [2.75, 3.05) is 5.32 Å². The van der Waals surface area contributed by atoms with Gasteiger partial charge in [-0.1, -0.05) is 36.4 Å². The predicted molar refractivity (Wildman–Crippen MR) is 93.4 cm³/mol. The molecule has 3 heteroatoms. The standard InChI is InChI=1S/C19H23N3/c1-13-8-14(2)10-17(9-13)21-19(20)22-18-11-16(12-18)15-6-4-3-5-7-15/h3-10,16,18H,11-12H2,1-2H3,(H3,20,21,22). The molecule has 1 aliphatic rings. The fourth-order valence-corrected chi connectivity index (χ4v) is 3.11. The number of hydrogen-bond donors (Lipinski definition) is 2. The maximum atomic E-state index is 6.04. The molecule has 0 saturated heterocycles. The summed E-state index contributed by atoms with van der Waals surface area (Å²) < 4.78 is 0. The summed E-state index contributed by atoms with van der Waals surface area (Å²) in [5.74, 6) is 1.14. The molecule has 114 valence electrons. The molecule has 0 unspecified atom stereocenters. The van der Waals surface area contributed by atoms with Crippen molar-refractivity contribution in [3.05, 3.63) is 65.2 Å². The van der Waals surface area contributed by atoms with E-state index >= 15 is 0 Å². The number of nitrogens with zero attached hydrogens (tertiary/aromatic N) is 1. The van der Waals surface area contributed by atoms with Crippen LogP contribution in [0.2, 0.25) is 0 Å². The van der Waals surface area contributed by atoms with E-state index < -0.39 is 0 Å². The van der Waals surface area contributed by atoms with Gasteiger partial charge < -0.3 is 11.1 Å². The number of aliphatic imine (C=N–C) groups is 1. The number of anilines is 1. The summed E-state index contributed by atoms with van der Waals surface area (Å²) in [5.41, 5.74) is 10.9. The highest BCUT2D eigenvalue weighted by molar-refractivity contribution is 5.92. The molecule has 1 aliphatic carbocycles. The molecule has 1 saturated carbocycles. The second kappa shape index (κ2) is 6.22. The van der Waals surface area contributed by atoms with Gasteiger partial charge in [-0.25, -0.2) is 4.99 Å². The fraction of sp³-hybridized carbons (Fsp3) is 0.316. The van der Waals surface area contributed by atoms with E-state index in [0.717, 1.165) is 18.5 Å². The smallest absolute Gasteiger partial charge is 0.193 e. The minimum atomic E-state index is 0.337. The third-order valence-corrected chi connectivity index (χ3v) is 4.20. The maximum absolute atomic E-state index is 6.04. The number of aryl methyl sites for hydroxylation is 2. The van der Waals surface area contributed by atoms with Crippen LogP contribution in [-0.4, -0.2) is 12.0 Å². The van der Waals surface area contributed by atoms with Crippen LogP contribution in [0, 0.1) is 13.8 Å². The normalized spacial score (nSPS) is 21.3. The van der Waals surface area contributed by atoms with Gasteiger partial charge in [0.05, 0.1) is 6.04 Å². The van der Waals surface area contributed by atoms with Crippen LogP contribution in [0.5, 0.6) is 0 Å². The number of nitrogens with one attached hydrogen (secondary N) is 1. The fourth-order valence-electron chi connectivity index (χ4n) is 3.11. The van der Waals surface area contributed by atoms with Crippen LogP contribution in [0.4, 0.5) is 5.69 Å². The summed E-state index contributed by atoms with van der Waals surface area (Å²) >= 11 is 0. The first-order valence-corrected chi connectivity index (χ1v) is 7.83. The van der Waals surface area contributed by atoms with Gasteiger partial charge in [-0.3, -0.25) is 0 Å². The van der Waals surface area contributed by atoms with Gasteiger partial charge in [0.2, 0.25) is 0 Å². The molecule has 0 bridgehead atoms. The van der Waals surface area contributed by atoms with Crippen LogP contribution < -0.4 is 11.1 Å². The minimum absolute atomic E-state index is 0.337. The van der Waals surface area contributed by atoms with Crippen molar-refractivity contribution in [1.82, 2.24) is 0 Å². The van der Waals surface area contributed by atoms with Crippen LogP contribution in [0.15, 0.2) is 53.5 Å². The third kappa shape index (κ3) is 3.48. The van der Waals surface area contributed by atoms with Gasteiger partial charge in [0.15, 0.2) is 5.96 Å². The van der Waals surface area contributed by atoms with Crippen molar-refractivity contribution < 1.29 is 0 Å². The Kier molecular flexibility index (Phi) is 4.14. The van der Waals surface area contributed by atoms with Crippen molar-refractivity contribution >= 4 is 11.6 Å². The Balaban J connectivity index is 1.57. The van der Waals surface area contributed by atoms with Crippen molar-refractivity contribution in [3.8, 4) is 0 Å². The van der Waals surface area contributed by atoms with E-state index in [4.69, 9.17) is 5.73 Å². The molecule has 0 radical (unpaired) electrons. The summed E-state index contributed by atoms with van der Waals surface area (Å²) in [4.78, 5) is 4.60. The number of rotatable bonds is 3. The van der Waals surface area contributed by atoms with Gasteiger partial charge in [-0.15, -0.1) is 0 Å². The molecule has 3 rings (SSSR count). The molecule has 0 heterocycles. The van der Waals surface area contributed by atoms with Gasteiger partial charge in [0.1, 0.15) is 0 Å². The Morgan fingerprint density at radius 3 is 2.32 bits per heavy atom. The molecule has 0 atom stereocenters. The van der Waals surface area contributed by atoms with Gasteiger partial charge >= 0.3 is 0 Å². The van der Waals surface area contributed by atoms with E-state index in [2.05, 4.69) is 72.7 Å². The molecule has 0 aliphatic heterocycles. The van der Waals surface area contributed by atoms with Crippen LogP contribution in [-0.2, 0) is 0 Å². The van der Waals surface area contributed by atoms with Crippen LogP contribution in [0.25, 0.3) is 0 Å². The quantitative estimate of drug-likeness (QED) is 0.664. The Morgan fingerprint density at radius 2 is 1.68 bits per heavy atom. The molecule has 3 N–H and O–H groups in total. The average Bonchev–Trinajstić information content (AvgIpc) is 2.42. The zero-order valence-corrected chi connectivity index (χ0v) is 13.2. The highest BCUT2D eigenvalue weighted by Crippen LogP contribution is 2.38. The largest absolute Gasteiger partial charge is 0.370 e. The zero-order valence-electron chi connectivity index (χ0n) is 13.2. The van der Waals surface area contributed by atoms with E-state index in [-0.39, 0.29) is 0 Å². The van der Waals surface area contributed by atoms with Crippen LogP contribution in [0.1, 0.15) is 35.4 Å². The van der Waals surface area contributed by atoms with E-state index in [0.29, 0.717) is 17.9 Å². The van der Waals surface area contributed by atoms with Gasteiger partial charge in [-0.05, 0) is 61.4 Å². The van der Waals surface area contributed by atoms with E-state index in [9.17, 15) is 0 Å². The SMILES string of the molecule is Cc1cc(C)cc(NC(N)=NC2CC(c3ccccc3)C2)c1. The minimum Gasteiger partial charge on any atom is -0.370 e. The van der Waals surface area contributed by atoms with E-state index in [1.54, 1.807) is 0 Å². The van der Waals surface area contributed by atoms with Gasteiger partial charge in [-0.2, -0.15) is 0 Å². The van der Waals surface area contributed by atoms with Crippen LogP contribution in [0.3, 0.4) is 0 Å². The molecule has 0 amide bonds. The van der Waals surface area contributed by atoms with Crippen molar-refractivity contribution in [1.29, 1.82) is 0 Å². The lowest BCUT2D eigenvalue weighted by molar-refractivity contribution is 0.353. The molecule has 2 aromatic rings. The van der Waals surface area contributed by atoms with E-state index in [1.165, 1.54) is 16.7 Å². The second-order valence-corrected chi connectivity index (χ2v) is 6.25. The van der Waals surface area contributed by atoms with Gasteiger partial charge in [0, 0.05) is 5.69 Å². The lowest BCUT2D eigenvalue weighted by Crippen LogP contribution is -2.31. The summed E-state index contributed by atoms with van der Waals surface area (Å²) in [6.45, 7) is 4.17. The Bertz CT molecular complexity index is 650. The highest BCUT2D eigenvalue weighted by atomic mass is 15.1. The summed E-state index contributed by atoms with van der Waals surface area (Å²) in [6.07, 6.45) is 2.17. The topological polar surface area (TPSA) is 50.4 Å². The predicted octanol–water partition coefficient (Wildman–Crippen LogP) is 3.98. The number of hydrogen-bond acceptors (Lipinski definition) is 1. The molecular formula is C19H23N3. The van der Waals surface area contributed by atoms with Crippen LogP contribution >= 0.6 is 0 Å². The summed E-state index contributed by atoms with van der Waals surface area (Å²) in [6, 6.07) is 17.3. The highest BCUT2D eigenvalue weighted by Gasteiger charge is 2.30. The van der Waals surface area contributed by atoms with E-state index in [1.807, 2.05) is 0 Å². The first-order valence-electron chi connectivity index (χ1n) is 7.83. The molecule has 0 aromatic heterocycles. The molecule has 22 heavy (non-hydrogen) atoms. The van der Waals surface area contributed by atoms with Crippen molar-refractivity contribution in [2.24, 2.45) is 10.7 Å². The molecule has 1 fully saturated rings. The lowest BCUT2D eigenvalue weighted by Gasteiger charge is -2.33. The van der Waals surface area contributed by atoms with Crippen molar-refractivity contribution in [3.63, 3.8) is 0 Å². The van der Waals surface area contributed by atoms with Crippen molar-refractivity contribution in [2.45, 2.75) is 38.6 Å². The Labute approximate surface area is 132 Å². The Hall–Kier alpha value is -2.29. The second-order valence-electron chi connectivity index (χ2n) is 6.25. The number of benzene rings is 2. The van der Waals surface area contributed by atoms with Gasteiger partial charge in [0.25, 0.3) is 0 Å². The summed E-state index contributed by atoms with van der Waals surface area (Å²) in [5, 5.41) is 3.21. The third-order valence-electron chi connectivity index (χ3n) is 4.20. The number of guanidine groups is 1. The first kappa shape index (κ1) is 14.6. The Morgan fingerprint density at radius 1 is 1.05 bits per heavy atom. The molecule has 2 aromatic carbocycles. The monoisotopic (exact) mass is 293 g/mol. The maximum Gasteiger partial charge on any atom is 0.193 e. The average molecular weight is 293 g/mol. The molecule has 0 spiro atoms.